The van der Waals surface area contributed by atoms with Gasteiger partial charge in [-0.15, -0.1) is 0 Å². The molecular weight excluding hydrogens is 1810 g/mol. The van der Waals surface area contributed by atoms with E-state index in [0.29, 0.717) is 0 Å². The average molecular weight is 1900 g/mol. The lowest BCUT2D eigenvalue weighted by Gasteiger charge is -2.47. The summed E-state index contributed by atoms with van der Waals surface area (Å²) in [7, 11) is -2.93. The number of anilines is 18. The molecule has 0 amide bonds. The molecule has 9 nitrogen and oxygen atoms in total. The largest absolute Gasteiger partial charge is 0.456 e. The van der Waals surface area contributed by atoms with Crippen molar-refractivity contribution < 1.29 is 4.42 Å². The molecule has 0 aliphatic carbocycles. The van der Waals surface area contributed by atoms with Crippen LogP contribution in [-0.4, -0.2) is 18.0 Å². The predicted molar refractivity (Wildman–Crippen MR) is 616 cm³/mol. The summed E-state index contributed by atoms with van der Waals surface area (Å²) in [6, 6.07) is 193. The highest BCUT2D eigenvalue weighted by molar-refractivity contribution is 7.22. The molecule has 8 heterocycles. The Morgan fingerprint density at radius 3 is 1.01 bits per heavy atom. The van der Waals surface area contributed by atoms with E-state index in [1.807, 2.05) is 12.4 Å². The predicted octanol–water partition coefficient (Wildman–Crippen LogP) is 33.5. The quantitative estimate of drug-likeness (QED) is 0.0676. The van der Waals surface area contributed by atoms with Crippen LogP contribution in [0.15, 0.2) is 551 Å². The van der Waals surface area contributed by atoms with Crippen molar-refractivity contribution in [3.8, 4) is 11.1 Å². The molecule has 692 valence electrons. The van der Waals surface area contributed by atoms with Crippen molar-refractivity contribution in [2.24, 2.45) is 0 Å². The van der Waals surface area contributed by atoms with E-state index in [-0.39, 0.29) is 0 Å². The smallest absolute Gasteiger partial charge is 0.184 e. The number of rotatable bonds is 12. The minimum atomic E-state index is -2.93. The third-order valence-electron chi connectivity index (χ3n) is 31.9. The minimum Gasteiger partial charge on any atom is -0.456 e. The number of hydrogen-bond donors (Lipinski definition) is 0. The van der Waals surface area contributed by atoms with Crippen molar-refractivity contribution in [1.82, 2.24) is 9.97 Å². The molecule has 0 fully saturated rings. The molecule has 0 atom stereocenters. The van der Waals surface area contributed by atoms with E-state index in [1.165, 1.54) is 142 Å². The Hall–Kier alpha value is -19.3. The highest BCUT2D eigenvalue weighted by atomic mass is 28.3. The minimum absolute atomic E-state index is 0.557. The average Bonchev–Trinajstić information content (AvgIpc) is 1.09. The molecule has 0 N–H and O–H groups in total. The maximum Gasteiger partial charge on any atom is 0.184 e. The van der Waals surface area contributed by atoms with Gasteiger partial charge >= 0.3 is 0 Å². The van der Waals surface area contributed by atoms with E-state index < -0.39 is 18.9 Å². The third kappa shape index (κ3) is 12.4. The Balaban J connectivity index is 0.000000137. The SMILES string of the molecule is c1ccc(C2(c3ccccc3)c3ccccc3N(c3ccc4ccc5c(N6c7ccccc7C(c7ccccc7)(c7ccccc7)c7cc8c(cc76)oc6ccccc68)ccc6ccc3c4c65)c3ccccc32)cc1.c1ccc(N2c3ccccc3N(c3ccc4cc5cc(N6c7ccccc7N(c7ccccc7)c7cc8c(cc76)[Si](c6cccnc6)(c6cccnc6)c6ccccc6-8)ccc5cc4c3)c3ccccc32)cc1. The van der Waals surface area contributed by atoms with Crippen molar-refractivity contribution in [3.05, 3.63) is 591 Å². The Kier molecular flexibility index (Phi) is 19.1. The van der Waals surface area contributed by atoms with Gasteiger partial charge in [0.2, 0.25) is 0 Å². The summed E-state index contributed by atoms with van der Waals surface area (Å²) in [5, 5.41) is 19.4. The van der Waals surface area contributed by atoms with Crippen LogP contribution in [0.2, 0.25) is 0 Å². The van der Waals surface area contributed by atoms with E-state index in [9.17, 15) is 0 Å². The number of benzene rings is 23. The second-order valence-corrected chi connectivity index (χ2v) is 43.0. The van der Waals surface area contributed by atoms with E-state index in [2.05, 4.69) is 564 Å². The molecule has 31 rings (SSSR count). The van der Waals surface area contributed by atoms with Gasteiger partial charge in [-0.1, -0.05) is 352 Å². The molecule has 23 aromatic carbocycles. The highest BCUT2D eigenvalue weighted by Gasteiger charge is 2.53. The summed E-state index contributed by atoms with van der Waals surface area (Å²) >= 11 is 0. The van der Waals surface area contributed by atoms with E-state index >= 15 is 0 Å². The summed E-state index contributed by atoms with van der Waals surface area (Å²) < 4.78 is 6.80. The Labute approximate surface area is 857 Å². The zero-order valence-electron chi connectivity index (χ0n) is 80.4. The lowest BCUT2D eigenvalue weighted by molar-refractivity contribution is 0.667. The maximum absolute atomic E-state index is 6.80. The first-order valence-electron chi connectivity index (χ1n) is 50.9. The zero-order valence-corrected chi connectivity index (χ0v) is 81.4. The fourth-order valence-electron chi connectivity index (χ4n) is 25.9. The van der Waals surface area contributed by atoms with Gasteiger partial charge in [-0.05, 0) is 283 Å². The lowest BCUT2D eigenvalue weighted by atomic mass is 9.62. The summed E-state index contributed by atoms with van der Waals surface area (Å²) in [4.78, 5) is 24.3. The van der Waals surface area contributed by atoms with Crippen molar-refractivity contribution >= 4 is 207 Å². The van der Waals surface area contributed by atoms with Gasteiger partial charge in [0.15, 0.2) is 8.07 Å². The van der Waals surface area contributed by atoms with Crippen LogP contribution in [-0.2, 0) is 10.8 Å². The molecule has 5 aliphatic rings. The van der Waals surface area contributed by atoms with Gasteiger partial charge < -0.3 is 33.8 Å². The standard InChI is InChI=1S/C72H46N2O.C66H44N6Si/c1-5-21-49(22-6-1)71(50-23-7-2-8-24-50)57-30-14-17-33-63(57)73(64-34-18-15-31-58(64)71)61-43-39-47-38-42-55-62(44-40-48-37-41-54(61)69(47)70(48)55)74-65-35-19-16-32-59(65)72(51-25-9-3-10-26-51,52-27-11-4-12-28-52)60-45-56-53-29-13-20-36-67(53)75-68(56)46-66(60)74;1-3-17-49(18-4-1)69-57-24-8-11-27-60(57)71(61-28-12-9-25-58(61)69)51-33-31-45-38-48-40-52(34-32-46(48)37-47(45)39-51)72-62-29-13-10-26-59(62)70(50-19-5-2-6-20-50)63-41-56-55-23-7-14-30-65(55)73(66(56)42-64(63)72,53-21-15-35-67-43-53)54-22-16-36-68-44-54/h1-46H;1-44H. The summed E-state index contributed by atoms with van der Waals surface area (Å²) in [5.41, 5.74) is 33.2. The Morgan fingerprint density at radius 1 is 0.189 bits per heavy atom. The molecule has 0 saturated carbocycles. The van der Waals surface area contributed by atoms with Crippen LogP contribution in [0.4, 0.5) is 102 Å². The molecule has 5 aliphatic heterocycles. The van der Waals surface area contributed by atoms with Crippen LogP contribution in [0.25, 0.3) is 86.9 Å². The summed E-state index contributed by atoms with van der Waals surface area (Å²) in [6.45, 7) is 0. The number of nitrogens with zero attached hydrogens (tertiary/aromatic N) is 8. The fourth-order valence-corrected chi connectivity index (χ4v) is 31.0. The first-order valence-corrected chi connectivity index (χ1v) is 52.9. The number of pyridine rings is 2. The van der Waals surface area contributed by atoms with Crippen molar-refractivity contribution in [3.63, 3.8) is 0 Å². The van der Waals surface area contributed by atoms with Gasteiger partial charge in [0.25, 0.3) is 0 Å². The summed E-state index contributed by atoms with van der Waals surface area (Å²) in [6.07, 6.45) is 7.95. The molecule has 0 unspecified atom stereocenters. The van der Waals surface area contributed by atoms with Crippen molar-refractivity contribution in [2.45, 2.75) is 10.8 Å². The molecular formula is C138H90N8OSi. The molecule has 0 radical (unpaired) electrons. The van der Waals surface area contributed by atoms with Gasteiger partial charge in [0.1, 0.15) is 11.2 Å². The fraction of sp³-hybridized carbons (Fsp3) is 0.0145. The van der Waals surface area contributed by atoms with Gasteiger partial charge in [0, 0.05) is 75.1 Å². The first kappa shape index (κ1) is 84.4. The summed E-state index contributed by atoms with van der Waals surface area (Å²) in [5.74, 6) is 0. The maximum atomic E-state index is 6.80. The van der Waals surface area contributed by atoms with Crippen molar-refractivity contribution in [1.29, 1.82) is 0 Å². The number of para-hydroxylation sites is 12. The van der Waals surface area contributed by atoms with Crippen LogP contribution in [0, 0.1) is 0 Å². The molecule has 26 aromatic rings. The van der Waals surface area contributed by atoms with Crippen LogP contribution < -0.4 is 50.1 Å². The van der Waals surface area contributed by atoms with E-state index in [4.69, 9.17) is 14.4 Å². The van der Waals surface area contributed by atoms with E-state index in [0.717, 1.165) is 113 Å². The molecule has 0 saturated heterocycles. The monoisotopic (exact) mass is 1900 g/mol. The molecule has 3 aromatic heterocycles. The van der Waals surface area contributed by atoms with Gasteiger partial charge in [-0.25, -0.2) is 0 Å². The molecule has 148 heavy (non-hydrogen) atoms. The Bertz CT molecular complexity index is 9590. The van der Waals surface area contributed by atoms with E-state index in [1.54, 1.807) is 0 Å². The highest BCUT2D eigenvalue weighted by Crippen LogP contribution is 2.65. The zero-order chi connectivity index (χ0) is 97.3. The van der Waals surface area contributed by atoms with Crippen LogP contribution in [0.5, 0.6) is 0 Å². The van der Waals surface area contributed by atoms with Crippen LogP contribution in [0.1, 0.15) is 44.5 Å². The first-order chi connectivity index (χ1) is 73.4. The Morgan fingerprint density at radius 2 is 0.554 bits per heavy atom. The normalized spacial score (nSPS) is 14.0. The van der Waals surface area contributed by atoms with Crippen LogP contribution in [0.3, 0.4) is 0 Å². The number of hydrogen-bond acceptors (Lipinski definition) is 9. The van der Waals surface area contributed by atoms with Gasteiger partial charge in [-0.2, -0.15) is 0 Å². The second kappa shape index (κ2) is 33.4. The second-order valence-electron chi connectivity index (χ2n) is 39.3. The topological polar surface area (TPSA) is 58.4 Å². The molecule has 10 heteroatoms. The van der Waals surface area contributed by atoms with Crippen LogP contribution >= 0.6 is 0 Å². The number of furan rings is 1. The molecule has 0 bridgehead atoms. The number of fused-ring (bicyclic) bond motifs is 16. The lowest BCUT2D eigenvalue weighted by Crippen LogP contribution is -2.73. The van der Waals surface area contributed by atoms with Gasteiger partial charge in [-0.3, -0.25) is 9.97 Å². The third-order valence-corrected chi connectivity index (χ3v) is 36.7. The number of aromatic nitrogens is 2. The molecule has 0 spiro atoms. The van der Waals surface area contributed by atoms with Crippen molar-refractivity contribution in [2.75, 3.05) is 29.4 Å². The van der Waals surface area contributed by atoms with Gasteiger partial charge in [0.05, 0.1) is 90.5 Å².